The number of nitrogens with zero attached hydrogens (tertiary/aromatic N) is 1. The van der Waals surface area contributed by atoms with Crippen LogP contribution in [0.3, 0.4) is 0 Å². The third kappa shape index (κ3) is 4.44. The van der Waals surface area contributed by atoms with Gasteiger partial charge in [0, 0.05) is 35.0 Å². The molecule has 1 aromatic rings. The monoisotopic (exact) mass is 279 g/mol. The van der Waals surface area contributed by atoms with E-state index >= 15 is 0 Å². The van der Waals surface area contributed by atoms with Crippen LogP contribution in [0.2, 0.25) is 0 Å². The molecule has 1 heterocycles. The molecule has 1 amide bonds. The fraction of sp³-hybridized carbons (Fsp3) is 0.500. The van der Waals surface area contributed by atoms with Crippen molar-refractivity contribution in [2.75, 3.05) is 30.7 Å². The molecule has 1 aliphatic rings. The molecule has 0 bridgehead atoms. The summed E-state index contributed by atoms with van der Waals surface area (Å²) in [5.41, 5.74) is 7.11. The topological polar surface area (TPSA) is 58.4 Å². The number of anilines is 2. The first-order valence-electron chi connectivity index (χ1n) is 6.56. The number of carbonyl (C=O) groups excluding carboxylic acids is 1. The molecular weight excluding hydrogens is 258 g/mol. The Balaban J connectivity index is 1.85. The Morgan fingerprint density at radius 2 is 1.89 bits per heavy atom. The molecule has 104 valence electrons. The Labute approximate surface area is 118 Å². The highest BCUT2D eigenvalue weighted by Crippen LogP contribution is 2.24. The molecule has 1 aliphatic heterocycles. The number of benzene rings is 1. The fourth-order valence-corrected chi connectivity index (χ4v) is 3.77. The average molecular weight is 279 g/mol. The Morgan fingerprint density at radius 1 is 1.32 bits per heavy atom. The van der Waals surface area contributed by atoms with E-state index < -0.39 is 0 Å². The smallest absolute Gasteiger partial charge is 0.238 e. The third-order valence-electron chi connectivity index (χ3n) is 3.06. The maximum atomic E-state index is 12.0. The van der Waals surface area contributed by atoms with Crippen molar-refractivity contribution >= 4 is 29.0 Å². The predicted molar refractivity (Wildman–Crippen MR) is 82.4 cm³/mol. The molecule has 19 heavy (non-hydrogen) atoms. The Hall–Kier alpha value is -1.20. The van der Waals surface area contributed by atoms with Crippen molar-refractivity contribution in [3.8, 4) is 0 Å². The van der Waals surface area contributed by atoms with Crippen molar-refractivity contribution < 1.29 is 4.79 Å². The van der Waals surface area contributed by atoms with E-state index in [2.05, 4.69) is 24.1 Å². The summed E-state index contributed by atoms with van der Waals surface area (Å²) in [6, 6.07) is 7.23. The molecule has 1 fully saturated rings. The standard InChI is InChI=1S/C14H21N3OS/c1-10-7-17(8-11(2)19-10)9-14(18)16-13-5-3-12(15)4-6-13/h3-6,10-11H,7-9,15H2,1-2H3,(H,16,18). The third-order valence-corrected chi connectivity index (χ3v) is 4.28. The van der Waals surface area contributed by atoms with Gasteiger partial charge >= 0.3 is 0 Å². The number of hydrogen-bond acceptors (Lipinski definition) is 4. The zero-order valence-corrected chi connectivity index (χ0v) is 12.2. The van der Waals surface area contributed by atoms with Crippen LogP contribution in [-0.2, 0) is 4.79 Å². The zero-order valence-electron chi connectivity index (χ0n) is 11.4. The summed E-state index contributed by atoms with van der Waals surface area (Å²) in [4.78, 5) is 14.2. The molecule has 0 saturated carbocycles. The minimum absolute atomic E-state index is 0.0380. The molecule has 2 atom stereocenters. The summed E-state index contributed by atoms with van der Waals surface area (Å²) >= 11 is 1.99. The molecule has 5 heteroatoms. The number of rotatable bonds is 3. The number of hydrogen-bond donors (Lipinski definition) is 2. The van der Waals surface area contributed by atoms with Crippen LogP contribution >= 0.6 is 11.8 Å². The average Bonchev–Trinajstić information content (AvgIpc) is 2.30. The van der Waals surface area contributed by atoms with Gasteiger partial charge in [-0.05, 0) is 24.3 Å². The first-order valence-corrected chi connectivity index (χ1v) is 7.50. The quantitative estimate of drug-likeness (QED) is 0.831. The van der Waals surface area contributed by atoms with Crippen molar-refractivity contribution in [2.24, 2.45) is 0 Å². The highest BCUT2D eigenvalue weighted by molar-refractivity contribution is 8.00. The molecule has 4 nitrogen and oxygen atoms in total. The lowest BCUT2D eigenvalue weighted by Gasteiger charge is -2.33. The van der Waals surface area contributed by atoms with Crippen LogP contribution in [-0.4, -0.2) is 40.9 Å². The van der Waals surface area contributed by atoms with E-state index in [4.69, 9.17) is 5.73 Å². The van der Waals surface area contributed by atoms with Crippen molar-refractivity contribution in [1.29, 1.82) is 0 Å². The molecule has 0 aliphatic carbocycles. The summed E-state index contributed by atoms with van der Waals surface area (Å²) in [7, 11) is 0. The van der Waals surface area contributed by atoms with Crippen molar-refractivity contribution in [3.63, 3.8) is 0 Å². The van der Waals surface area contributed by atoms with Crippen LogP contribution in [0.1, 0.15) is 13.8 Å². The molecule has 3 N–H and O–H groups in total. The van der Waals surface area contributed by atoms with Gasteiger partial charge in [-0.1, -0.05) is 13.8 Å². The van der Waals surface area contributed by atoms with Crippen LogP contribution in [0.25, 0.3) is 0 Å². The Bertz CT molecular complexity index is 425. The van der Waals surface area contributed by atoms with E-state index in [1.165, 1.54) is 0 Å². The van der Waals surface area contributed by atoms with Crippen LogP contribution in [0.15, 0.2) is 24.3 Å². The van der Waals surface area contributed by atoms with E-state index in [1.54, 1.807) is 12.1 Å². The second-order valence-electron chi connectivity index (χ2n) is 5.12. The molecule has 0 radical (unpaired) electrons. The number of thioether (sulfide) groups is 1. The van der Waals surface area contributed by atoms with Crippen molar-refractivity contribution in [3.05, 3.63) is 24.3 Å². The van der Waals surface area contributed by atoms with Gasteiger partial charge in [-0.25, -0.2) is 0 Å². The van der Waals surface area contributed by atoms with Gasteiger partial charge in [0.1, 0.15) is 0 Å². The van der Waals surface area contributed by atoms with Gasteiger partial charge < -0.3 is 11.1 Å². The van der Waals surface area contributed by atoms with Gasteiger partial charge in [-0.3, -0.25) is 9.69 Å². The van der Waals surface area contributed by atoms with Gasteiger partial charge in [0.15, 0.2) is 0 Å². The lowest BCUT2D eigenvalue weighted by molar-refractivity contribution is -0.117. The number of carbonyl (C=O) groups is 1. The lowest BCUT2D eigenvalue weighted by atomic mass is 10.3. The first-order chi connectivity index (χ1) is 9.02. The van der Waals surface area contributed by atoms with E-state index in [1.807, 2.05) is 23.9 Å². The lowest BCUT2D eigenvalue weighted by Crippen LogP contribution is -2.44. The van der Waals surface area contributed by atoms with Crippen LogP contribution in [0.4, 0.5) is 11.4 Å². The summed E-state index contributed by atoms with van der Waals surface area (Å²) in [5.74, 6) is 0.0380. The van der Waals surface area contributed by atoms with Gasteiger partial charge in [-0.15, -0.1) is 0 Å². The molecule has 2 unspecified atom stereocenters. The summed E-state index contributed by atoms with van der Waals surface area (Å²) in [5, 5.41) is 4.08. The maximum Gasteiger partial charge on any atom is 0.238 e. The van der Waals surface area contributed by atoms with Gasteiger partial charge in [0.05, 0.1) is 6.54 Å². The van der Waals surface area contributed by atoms with E-state index in [-0.39, 0.29) is 5.91 Å². The maximum absolute atomic E-state index is 12.0. The van der Waals surface area contributed by atoms with Gasteiger partial charge in [-0.2, -0.15) is 11.8 Å². The van der Waals surface area contributed by atoms with Crippen LogP contribution in [0, 0.1) is 0 Å². The number of nitrogen functional groups attached to an aromatic ring is 1. The molecule has 1 aromatic carbocycles. The summed E-state index contributed by atoms with van der Waals surface area (Å²) in [6.45, 7) is 6.84. The van der Waals surface area contributed by atoms with Crippen LogP contribution < -0.4 is 11.1 Å². The summed E-state index contributed by atoms with van der Waals surface area (Å²) < 4.78 is 0. The normalized spacial score (nSPS) is 24.1. The number of nitrogens with one attached hydrogen (secondary N) is 1. The Morgan fingerprint density at radius 3 is 2.47 bits per heavy atom. The number of amides is 1. The van der Waals surface area contributed by atoms with Gasteiger partial charge in [0.25, 0.3) is 0 Å². The molecular formula is C14H21N3OS. The minimum Gasteiger partial charge on any atom is -0.399 e. The SMILES string of the molecule is CC1CN(CC(=O)Nc2ccc(N)cc2)CC(C)S1. The zero-order chi connectivity index (χ0) is 13.8. The number of nitrogens with two attached hydrogens (primary N) is 1. The summed E-state index contributed by atoms with van der Waals surface area (Å²) in [6.07, 6.45) is 0. The highest BCUT2D eigenvalue weighted by Gasteiger charge is 2.23. The molecule has 1 saturated heterocycles. The second kappa shape index (κ2) is 6.30. The molecule has 2 rings (SSSR count). The van der Waals surface area contributed by atoms with Crippen LogP contribution in [0.5, 0.6) is 0 Å². The largest absolute Gasteiger partial charge is 0.399 e. The minimum atomic E-state index is 0.0380. The molecule has 0 spiro atoms. The molecule has 0 aromatic heterocycles. The Kier molecular flexibility index (Phi) is 4.71. The van der Waals surface area contributed by atoms with E-state index in [0.29, 0.717) is 22.7 Å². The highest BCUT2D eigenvalue weighted by atomic mass is 32.2. The first kappa shape index (κ1) is 14.2. The predicted octanol–water partition coefficient (Wildman–Crippen LogP) is 2.03. The van der Waals surface area contributed by atoms with Crippen molar-refractivity contribution in [1.82, 2.24) is 4.90 Å². The second-order valence-corrected chi connectivity index (χ2v) is 7.00. The van der Waals surface area contributed by atoms with E-state index in [0.717, 1.165) is 18.8 Å². The van der Waals surface area contributed by atoms with Crippen molar-refractivity contribution in [2.45, 2.75) is 24.3 Å². The van der Waals surface area contributed by atoms with Gasteiger partial charge in [0.2, 0.25) is 5.91 Å². The fourth-order valence-electron chi connectivity index (χ4n) is 2.38. The van der Waals surface area contributed by atoms with E-state index in [9.17, 15) is 4.79 Å².